The molecule has 0 saturated carbocycles. The van der Waals surface area contributed by atoms with Gasteiger partial charge in [-0.25, -0.2) is 0 Å². The van der Waals surface area contributed by atoms with Crippen molar-refractivity contribution in [3.05, 3.63) is 0 Å². The Labute approximate surface area is 149 Å². The van der Waals surface area contributed by atoms with E-state index < -0.39 is 0 Å². The molecule has 0 atom stereocenters. The third kappa shape index (κ3) is 12.0. The van der Waals surface area contributed by atoms with Crippen LogP contribution in [0.2, 0.25) is 0 Å². The monoisotopic (exact) mass is 326 g/mol. The minimum absolute atomic E-state index is 0.110. The van der Waals surface area contributed by atoms with Gasteiger partial charge in [-0.2, -0.15) is 0 Å². The van der Waals surface area contributed by atoms with Crippen molar-refractivity contribution < 1.29 is 3.79 Å². The predicted molar refractivity (Wildman–Crippen MR) is 103 cm³/mol. The van der Waals surface area contributed by atoms with Gasteiger partial charge in [0.15, 0.2) is 0 Å². The van der Waals surface area contributed by atoms with Gasteiger partial charge in [-0.05, 0) is 32.6 Å². The minimum Gasteiger partial charge on any atom is -0.501 e. The van der Waals surface area contributed by atoms with Crippen LogP contribution >= 0.6 is 0 Å². The van der Waals surface area contributed by atoms with E-state index in [9.17, 15) is 0 Å². The van der Waals surface area contributed by atoms with E-state index in [1.807, 2.05) is 0 Å². The first kappa shape index (κ1) is 22.5. The van der Waals surface area contributed by atoms with E-state index in [-0.39, 0.29) is 5.60 Å². The Morgan fingerprint density at radius 1 is 0.682 bits per heavy atom. The standard InChI is InChI=1S/C20H41O.Al.2H/c1-5-7-9-11-13-15-17-19(20(3,4)21)18-16-14-12-10-8-6-2;;;/h19H,5-18H2,1-4H3;;;/q-1;+1;;. The van der Waals surface area contributed by atoms with Gasteiger partial charge in [-0.1, -0.05) is 90.9 Å². The lowest BCUT2D eigenvalue weighted by Gasteiger charge is -2.35. The third-order valence-corrected chi connectivity index (χ3v) is 6.37. The summed E-state index contributed by atoms with van der Waals surface area (Å²) in [5.74, 6) is 0.766. The van der Waals surface area contributed by atoms with Gasteiger partial charge in [0.2, 0.25) is 0 Å². The molecule has 0 fully saturated rings. The van der Waals surface area contributed by atoms with Crippen LogP contribution in [-0.2, 0) is 3.79 Å². The molecule has 0 radical (unpaired) electrons. The molecule has 2 heteroatoms. The Morgan fingerprint density at radius 3 is 1.41 bits per heavy atom. The van der Waals surface area contributed by atoms with Crippen molar-refractivity contribution in [1.29, 1.82) is 0 Å². The maximum absolute atomic E-state index is 5.93. The van der Waals surface area contributed by atoms with Gasteiger partial charge in [-0.15, -0.1) is 0 Å². The van der Waals surface area contributed by atoms with Gasteiger partial charge in [0.25, 0.3) is 0 Å². The van der Waals surface area contributed by atoms with Crippen molar-refractivity contribution in [2.45, 2.75) is 123 Å². The molecule has 0 bridgehead atoms. The van der Waals surface area contributed by atoms with Crippen LogP contribution in [0.15, 0.2) is 0 Å². The third-order valence-electron chi connectivity index (χ3n) is 5.32. The van der Waals surface area contributed by atoms with Crippen LogP contribution in [0.1, 0.15) is 118 Å². The molecular weight excluding hydrogens is 283 g/mol. The summed E-state index contributed by atoms with van der Waals surface area (Å²) in [5.41, 5.74) is 0.110. The second kappa shape index (κ2) is 15.0. The lowest BCUT2D eigenvalue weighted by molar-refractivity contribution is 0.0408. The van der Waals surface area contributed by atoms with Gasteiger partial charge >= 0.3 is 16.6 Å². The van der Waals surface area contributed by atoms with E-state index in [4.69, 9.17) is 3.79 Å². The van der Waals surface area contributed by atoms with E-state index >= 15 is 0 Å². The Balaban J connectivity index is 3.91. The molecule has 0 amide bonds. The first-order valence-corrected chi connectivity index (χ1v) is 10.9. The zero-order chi connectivity index (χ0) is 16.7. The van der Waals surface area contributed by atoms with Gasteiger partial charge in [0, 0.05) is 5.60 Å². The molecule has 0 aromatic carbocycles. The van der Waals surface area contributed by atoms with E-state index in [0.29, 0.717) is 0 Å². The van der Waals surface area contributed by atoms with E-state index in [1.165, 1.54) is 89.9 Å². The van der Waals surface area contributed by atoms with Crippen LogP contribution in [-0.4, -0.2) is 22.2 Å². The maximum Gasteiger partial charge on any atom is 0.410 e. The van der Waals surface area contributed by atoms with Gasteiger partial charge in [0.05, 0.1) is 0 Å². The highest BCUT2D eigenvalue weighted by atomic mass is 27.1. The summed E-state index contributed by atoms with van der Waals surface area (Å²) in [6.45, 7) is 9.22. The highest BCUT2D eigenvalue weighted by Gasteiger charge is 2.26. The SMILES string of the molecule is CCCCCCCCC(CCCCCCCC)C(C)(C)[O][AlH2]. The maximum atomic E-state index is 5.93. The highest BCUT2D eigenvalue weighted by molar-refractivity contribution is 5.98. The van der Waals surface area contributed by atoms with Crippen LogP contribution in [0.4, 0.5) is 0 Å². The van der Waals surface area contributed by atoms with Gasteiger partial charge in [-0.3, -0.25) is 0 Å². The molecule has 0 unspecified atom stereocenters. The summed E-state index contributed by atoms with van der Waals surface area (Å²) in [7, 11) is 0. The first-order chi connectivity index (χ1) is 10.6. The molecule has 0 aromatic heterocycles. The Hall–Kier alpha value is 0.492. The quantitative estimate of drug-likeness (QED) is 0.234. The second-order valence-corrected chi connectivity index (χ2v) is 8.03. The van der Waals surface area contributed by atoms with Crippen molar-refractivity contribution in [3.63, 3.8) is 0 Å². The smallest absolute Gasteiger partial charge is 0.410 e. The molecule has 0 aliphatic rings. The molecule has 0 heterocycles. The highest BCUT2D eigenvalue weighted by Crippen LogP contribution is 2.30. The zero-order valence-corrected chi connectivity index (χ0v) is 18.4. The summed E-state index contributed by atoms with van der Waals surface area (Å²) in [6, 6.07) is 0. The number of rotatable bonds is 16. The van der Waals surface area contributed by atoms with Crippen molar-refractivity contribution >= 4 is 16.6 Å². The fourth-order valence-corrected chi connectivity index (χ4v) is 3.68. The van der Waals surface area contributed by atoms with Crippen molar-refractivity contribution in [1.82, 2.24) is 0 Å². The lowest BCUT2D eigenvalue weighted by Crippen LogP contribution is -2.34. The Bertz CT molecular complexity index is 212. The molecule has 22 heavy (non-hydrogen) atoms. The summed E-state index contributed by atoms with van der Waals surface area (Å²) < 4.78 is 5.93. The molecule has 0 N–H and O–H groups in total. The Kier molecular flexibility index (Phi) is 15.4. The predicted octanol–water partition coefficient (Wildman–Crippen LogP) is 6.45. The average molecular weight is 327 g/mol. The molecule has 132 valence electrons. The minimum atomic E-state index is 0.110. The van der Waals surface area contributed by atoms with E-state index in [0.717, 1.165) is 22.5 Å². The van der Waals surface area contributed by atoms with Gasteiger partial charge in [0.1, 0.15) is 0 Å². The summed E-state index contributed by atoms with van der Waals surface area (Å²) in [5, 5.41) is 0. The fraction of sp³-hybridized carbons (Fsp3) is 1.00. The van der Waals surface area contributed by atoms with E-state index in [1.54, 1.807) is 0 Å². The van der Waals surface area contributed by atoms with E-state index in [2.05, 4.69) is 27.7 Å². The van der Waals surface area contributed by atoms with Crippen LogP contribution in [0.25, 0.3) is 0 Å². The molecule has 0 aromatic rings. The van der Waals surface area contributed by atoms with Crippen LogP contribution in [0.5, 0.6) is 0 Å². The number of hydrogen-bond acceptors (Lipinski definition) is 1. The molecule has 0 aliphatic carbocycles. The Morgan fingerprint density at radius 2 is 1.05 bits per heavy atom. The van der Waals surface area contributed by atoms with Crippen molar-refractivity contribution in [2.24, 2.45) is 5.92 Å². The molecule has 0 spiro atoms. The fourth-order valence-electron chi connectivity index (χ4n) is 3.35. The van der Waals surface area contributed by atoms with Crippen molar-refractivity contribution in [3.8, 4) is 0 Å². The van der Waals surface area contributed by atoms with Crippen molar-refractivity contribution in [2.75, 3.05) is 0 Å². The largest absolute Gasteiger partial charge is 0.501 e. The van der Waals surface area contributed by atoms with Crippen LogP contribution in [0, 0.1) is 5.92 Å². The molecular formula is C20H43AlO. The lowest BCUT2D eigenvalue weighted by atomic mass is 9.82. The average Bonchev–Trinajstić information content (AvgIpc) is 2.51. The van der Waals surface area contributed by atoms with Crippen LogP contribution < -0.4 is 0 Å². The summed E-state index contributed by atoms with van der Waals surface area (Å²) in [4.78, 5) is 0. The van der Waals surface area contributed by atoms with Gasteiger partial charge < -0.3 is 3.79 Å². The van der Waals surface area contributed by atoms with Crippen LogP contribution in [0.3, 0.4) is 0 Å². The number of hydrogen-bond donors (Lipinski definition) is 0. The summed E-state index contributed by atoms with van der Waals surface area (Å²) >= 11 is 0.867. The second-order valence-electron chi connectivity index (χ2n) is 7.62. The summed E-state index contributed by atoms with van der Waals surface area (Å²) in [6.07, 6.45) is 19.6. The molecule has 0 rings (SSSR count). The normalized spacial score (nSPS) is 12.2. The zero-order valence-electron chi connectivity index (χ0n) is 16.4. The molecule has 1 nitrogen and oxygen atoms in total. The first-order valence-electron chi connectivity index (χ1n) is 10.1. The molecule has 0 aliphatic heterocycles. The molecule has 0 saturated heterocycles. The topological polar surface area (TPSA) is 9.23 Å². The number of unbranched alkanes of at least 4 members (excludes halogenated alkanes) is 10.